The summed E-state index contributed by atoms with van der Waals surface area (Å²) in [6.45, 7) is 5.15. The van der Waals surface area contributed by atoms with Gasteiger partial charge in [0, 0.05) is 13.2 Å². The fraction of sp³-hybridized carbons (Fsp3) is 0.533. The van der Waals surface area contributed by atoms with Crippen molar-refractivity contribution in [3.8, 4) is 5.75 Å². The molecule has 0 aromatic heterocycles. The molecule has 0 bridgehead atoms. The van der Waals surface area contributed by atoms with Gasteiger partial charge in [0.05, 0.1) is 12.1 Å². The summed E-state index contributed by atoms with van der Waals surface area (Å²) in [6.07, 6.45) is 1.44. The predicted octanol–water partition coefficient (Wildman–Crippen LogP) is 1.19. The third kappa shape index (κ3) is 6.54. The lowest BCUT2D eigenvalue weighted by atomic mass is 10.1. The van der Waals surface area contributed by atoms with E-state index in [0.717, 1.165) is 12.0 Å². The largest absolute Gasteiger partial charge is 0.508 e. The number of nitrogens with one attached hydrogen (secondary N) is 1. The Balaban J connectivity index is 2.23. The van der Waals surface area contributed by atoms with E-state index < -0.39 is 6.04 Å². The Morgan fingerprint density at radius 1 is 1.35 bits per heavy atom. The standard InChI is InChI=1S/C15H24N2O3/c1-11(2)20-9-3-8-17-15(19)14(16)10-12-4-6-13(18)7-5-12/h4-7,11,14,18H,3,8-10,16H2,1-2H3,(H,17,19). The molecule has 0 aliphatic heterocycles. The molecule has 1 amide bonds. The van der Waals surface area contributed by atoms with Gasteiger partial charge < -0.3 is 20.9 Å². The Morgan fingerprint density at radius 2 is 2.00 bits per heavy atom. The molecular weight excluding hydrogens is 256 g/mol. The van der Waals surface area contributed by atoms with Crippen molar-refractivity contribution >= 4 is 5.91 Å². The van der Waals surface area contributed by atoms with Gasteiger partial charge in [0.2, 0.25) is 5.91 Å². The van der Waals surface area contributed by atoms with Crippen molar-refractivity contribution in [1.82, 2.24) is 5.32 Å². The normalized spacial score (nSPS) is 12.4. The number of phenolic OH excluding ortho intramolecular Hbond substituents is 1. The lowest BCUT2D eigenvalue weighted by molar-refractivity contribution is -0.122. The van der Waals surface area contributed by atoms with E-state index in [1.165, 1.54) is 0 Å². The van der Waals surface area contributed by atoms with Gasteiger partial charge in [0.1, 0.15) is 5.75 Å². The molecule has 0 spiro atoms. The molecule has 0 aliphatic rings. The van der Waals surface area contributed by atoms with Crippen LogP contribution < -0.4 is 11.1 Å². The second-order valence-electron chi connectivity index (χ2n) is 5.04. The highest BCUT2D eigenvalue weighted by Crippen LogP contribution is 2.10. The maximum atomic E-state index is 11.8. The zero-order valence-electron chi connectivity index (χ0n) is 12.1. The Morgan fingerprint density at radius 3 is 2.60 bits per heavy atom. The van der Waals surface area contributed by atoms with Crippen LogP contribution in [0.3, 0.4) is 0 Å². The third-order valence-electron chi connectivity index (χ3n) is 2.80. The van der Waals surface area contributed by atoms with Crippen LogP contribution in [0.1, 0.15) is 25.8 Å². The Hall–Kier alpha value is -1.59. The molecule has 5 heteroatoms. The van der Waals surface area contributed by atoms with E-state index in [1.807, 2.05) is 13.8 Å². The second-order valence-corrected chi connectivity index (χ2v) is 5.04. The minimum absolute atomic E-state index is 0.164. The van der Waals surface area contributed by atoms with Crippen LogP contribution in [0, 0.1) is 0 Å². The number of amides is 1. The maximum Gasteiger partial charge on any atom is 0.237 e. The third-order valence-corrected chi connectivity index (χ3v) is 2.80. The number of phenols is 1. The maximum absolute atomic E-state index is 11.8. The number of benzene rings is 1. The SMILES string of the molecule is CC(C)OCCCNC(=O)C(N)Cc1ccc(O)cc1. The summed E-state index contributed by atoms with van der Waals surface area (Å²) in [5, 5.41) is 12.0. The first-order valence-corrected chi connectivity index (χ1v) is 6.92. The number of aromatic hydroxyl groups is 1. The Bertz CT molecular complexity index is 404. The van der Waals surface area contributed by atoms with Gasteiger partial charge in [0.15, 0.2) is 0 Å². The van der Waals surface area contributed by atoms with Crippen molar-refractivity contribution < 1.29 is 14.6 Å². The number of carbonyl (C=O) groups is 1. The first-order valence-electron chi connectivity index (χ1n) is 6.92. The average Bonchev–Trinajstić information content (AvgIpc) is 2.40. The predicted molar refractivity (Wildman–Crippen MR) is 78.5 cm³/mol. The second kappa shape index (κ2) is 8.55. The first kappa shape index (κ1) is 16.5. The smallest absolute Gasteiger partial charge is 0.237 e. The van der Waals surface area contributed by atoms with E-state index in [4.69, 9.17) is 10.5 Å². The molecule has 1 atom stereocenters. The molecule has 0 fully saturated rings. The van der Waals surface area contributed by atoms with Crippen molar-refractivity contribution in [2.75, 3.05) is 13.2 Å². The molecule has 1 rings (SSSR count). The summed E-state index contributed by atoms with van der Waals surface area (Å²) < 4.78 is 5.38. The van der Waals surface area contributed by atoms with Crippen LogP contribution in [0.15, 0.2) is 24.3 Å². The summed E-state index contributed by atoms with van der Waals surface area (Å²) in [5.41, 5.74) is 6.77. The molecule has 4 N–H and O–H groups in total. The molecule has 5 nitrogen and oxygen atoms in total. The van der Waals surface area contributed by atoms with E-state index in [0.29, 0.717) is 19.6 Å². The number of hydrogen-bond acceptors (Lipinski definition) is 4. The highest BCUT2D eigenvalue weighted by atomic mass is 16.5. The van der Waals surface area contributed by atoms with Crippen molar-refractivity contribution in [2.24, 2.45) is 5.73 Å². The van der Waals surface area contributed by atoms with Crippen LogP contribution in [0.5, 0.6) is 5.75 Å². The monoisotopic (exact) mass is 280 g/mol. The number of hydrogen-bond donors (Lipinski definition) is 3. The molecule has 1 aromatic rings. The van der Waals surface area contributed by atoms with Crippen LogP contribution in [0.25, 0.3) is 0 Å². The quantitative estimate of drug-likeness (QED) is 0.625. The summed E-state index contributed by atoms with van der Waals surface area (Å²) in [5.74, 6) is 0.0412. The summed E-state index contributed by atoms with van der Waals surface area (Å²) in [7, 11) is 0. The van der Waals surface area contributed by atoms with Crippen LogP contribution in [-0.4, -0.2) is 36.3 Å². The van der Waals surface area contributed by atoms with E-state index in [9.17, 15) is 9.90 Å². The Labute approximate surface area is 120 Å². The zero-order chi connectivity index (χ0) is 15.0. The number of rotatable bonds is 8. The molecule has 0 heterocycles. The molecule has 1 unspecified atom stereocenters. The van der Waals surface area contributed by atoms with Gasteiger partial charge in [-0.1, -0.05) is 12.1 Å². The van der Waals surface area contributed by atoms with Crippen LogP contribution >= 0.6 is 0 Å². The van der Waals surface area contributed by atoms with Crippen molar-refractivity contribution in [1.29, 1.82) is 0 Å². The van der Waals surface area contributed by atoms with Gasteiger partial charge in [-0.2, -0.15) is 0 Å². The zero-order valence-corrected chi connectivity index (χ0v) is 12.1. The van der Waals surface area contributed by atoms with Gasteiger partial charge in [-0.3, -0.25) is 4.79 Å². The van der Waals surface area contributed by atoms with Gasteiger partial charge >= 0.3 is 0 Å². The molecular formula is C15H24N2O3. The van der Waals surface area contributed by atoms with Crippen molar-refractivity contribution in [3.63, 3.8) is 0 Å². The van der Waals surface area contributed by atoms with Crippen LogP contribution in [0.2, 0.25) is 0 Å². The highest BCUT2D eigenvalue weighted by molar-refractivity contribution is 5.81. The minimum Gasteiger partial charge on any atom is -0.508 e. The fourth-order valence-corrected chi connectivity index (χ4v) is 1.71. The van der Waals surface area contributed by atoms with E-state index >= 15 is 0 Å². The van der Waals surface area contributed by atoms with Crippen molar-refractivity contribution in [2.45, 2.75) is 38.8 Å². The van der Waals surface area contributed by atoms with Gasteiger partial charge in [-0.15, -0.1) is 0 Å². The molecule has 0 aliphatic carbocycles. The lowest BCUT2D eigenvalue weighted by Gasteiger charge is -2.13. The lowest BCUT2D eigenvalue weighted by Crippen LogP contribution is -2.42. The summed E-state index contributed by atoms with van der Waals surface area (Å²) >= 11 is 0. The molecule has 112 valence electrons. The number of carbonyl (C=O) groups excluding carboxylic acids is 1. The van der Waals surface area contributed by atoms with Crippen molar-refractivity contribution in [3.05, 3.63) is 29.8 Å². The molecule has 1 aromatic carbocycles. The van der Waals surface area contributed by atoms with E-state index in [1.54, 1.807) is 24.3 Å². The van der Waals surface area contributed by atoms with E-state index in [2.05, 4.69) is 5.32 Å². The highest BCUT2D eigenvalue weighted by Gasteiger charge is 2.13. The number of nitrogens with two attached hydrogens (primary N) is 1. The first-order chi connectivity index (χ1) is 9.49. The summed E-state index contributed by atoms with van der Waals surface area (Å²) in [6, 6.07) is 6.12. The topological polar surface area (TPSA) is 84.6 Å². The average molecular weight is 280 g/mol. The fourth-order valence-electron chi connectivity index (χ4n) is 1.71. The Kier molecular flexibility index (Phi) is 7.04. The molecule has 0 radical (unpaired) electrons. The molecule has 20 heavy (non-hydrogen) atoms. The van der Waals surface area contributed by atoms with Gasteiger partial charge in [-0.05, 0) is 44.4 Å². The molecule has 0 saturated carbocycles. The van der Waals surface area contributed by atoms with Gasteiger partial charge in [-0.25, -0.2) is 0 Å². The minimum atomic E-state index is -0.578. The van der Waals surface area contributed by atoms with Crippen LogP contribution in [0.4, 0.5) is 0 Å². The van der Waals surface area contributed by atoms with E-state index in [-0.39, 0.29) is 17.8 Å². The number of ether oxygens (including phenoxy) is 1. The van der Waals surface area contributed by atoms with Crippen LogP contribution in [-0.2, 0) is 16.0 Å². The molecule has 0 saturated heterocycles. The summed E-state index contributed by atoms with van der Waals surface area (Å²) in [4.78, 5) is 11.8. The van der Waals surface area contributed by atoms with Gasteiger partial charge in [0.25, 0.3) is 0 Å².